The zero-order valence-corrected chi connectivity index (χ0v) is 7.83. The lowest BCUT2D eigenvalue weighted by molar-refractivity contribution is 1.31. The van der Waals surface area contributed by atoms with Gasteiger partial charge in [-0.05, 0) is 29.7 Å². The third-order valence-electron chi connectivity index (χ3n) is 2.72. The summed E-state index contributed by atoms with van der Waals surface area (Å²) in [6.07, 6.45) is 5.32. The molecule has 1 nitrogen and oxygen atoms in total. The Bertz CT molecular complexity index is 478. The van der Waals surface area contributed by atoms with E-state index in [0.29, 0.717) is 0 Å². The number of hydrogen-bond acceptors (Lipinski definition) is 0. The third kappa shape index (κ3) is 1.02. The average Bonchev–Trinajstić information content (AvgIpc) is 2.85. The summed E-state index contributed by atoms with van der Waals surface area (Å²) in [5.74, 6) is 0. The first kappa shape index (κ1) is 7.63. The maximum Gasteiger partial charge on any atom is 0.0456 e. The molecule has 0 bridgehead atoms. The molecule has 2 aromatic rings. The number of aromatic nitrogens is 1. The average molecular weight is 181 g/mol. The largest absolute Gasteiger partial charge is 0.361 e. The molecular weight excluding hydrogens is 170 g/mol. The number of rotatable bonds is 1. The summed E-state index contributed by atoms with van der Waals surface area (Å²) < 4.78 is 0. The lowest BCUT2D eigenvalue weighted by atomic mass is 10.0. The zero-order chi connectivity index (χ0) is 9.38. The van der Waals surface area contributed by atoms with Gasteiger partial charge in [-0.2, -0.15) is 0 Å². The molecule has 0 spiro atoms. The van der Waals surface area contributed by atoms with Gasteiger partial charge in [0.15, 0.2) is 0 Å². The van der Waals surface area contributed by atoms with Crippen LogP contribution in [0.5, 0.6) is 0 Å². The summed E-state index contributed by atoms with van der Waals surface area (Å²) in [7, 11) is 0. The van der Waals surface area contributed by atoms with Crippen molar-refractivity contribution in [2.45, 2.75) is 6.42 Å². The molecule has 1 N–H and O–H groups in total. The van der Waals surface area contributed by atoms with Crippen LogP contribution in [0.25, 0.3) is 5.57 Å². The molecule has 0 radical (unpaired) electrons. The van der Waals surface area contributed by atoms with E-state index in [0.717, 1.165) is 6.42 Å². The first-order chi connectivity index (χ1) is 6.95. The fourth-order valence-electron chi connectivity index (χ4n) is 2.04. The highest BCUT2D eigenvalue weighted by atomic mass is 14.7. The van der Waals surface area contributed by atoms with Gasteiger partial charge >= 0.3 is 0 Å². The summed E-state index contributed by atoms with van der Waals surface area (Å²) >= 11 is 0. The van der Waals surface area contributed by atoms with Crippen molar-refractivity contribution in [1.29, 1.82) is 0 Å². The molecule has 14 heavy (non-hydrogen) atoms. The number of nitrogens with one attached hydrogen (secondary N) is 1. The number of fused-ring (bicyclic) bond motifs is 1. The van der Waals surface area contributed by atoms with Crippen LogP contribution < -0.4 is 0 Å². The molecule has 0 amide bonds. The minimum Gasteiger partial charge on any atom is -0.361 e. The van der Waals surface area contributed by atoms with Crippen molar-refractivity contribution in [3.8, 4) is 0 Å². The smallest absolute Gasteiger partial charge is 0.0456 e. The van der Waals surface area contributed by atoms with Gasteiger partial charge in [-0.1, -0.05) is 30.3 Å². The van der Waals surface area contributed by atoms with E-state index in [9.17, 15) is 0 Å². The van der Waals surface area contributed by atoms with Crippen molar-refractivity contribution in [3.63, 3.8) is 0 Å². The van der Waals surface area contributed by atoms with Crippen molar-refractivity contribution in [2.24, 2.45) is 0 Å². The van der Waals surface area contributed by atoms with Crippen molar-refractivity contribution < 1.29 is 0 Å². The highest BCUT2D eigenvalue weighted by Crippen LogP contribution is 2.31. The summed E-state index contributed by atoms with van der Waals surface area (Å²) in [6.45, 7) is 0. The van der Waals surface area contributed by atoms with Gasteiger partial charge in [-0.15, -0.1) is 0 Å². The van der Waals surface area contributed by atoms with E-state index < -0.39 is 0 Å². The second-order valence-corrected chi connectivity index (χ2v) is 3.56. The van der Waals surface area contributed by atoms with E-state index in [1.807, 2.05) is 12.3 Å². The second kappa shape index (κ2) is 2.88. The zero-order valence-electron chi connectivity index (χ0n) is 7.83. The first-order valence-electron chi connectivity index (χ1n) is 4.87. The molecule has 3 rings (SSSR count). The lowest BCUT2D eigenvalue weighted by Gasteiger charge is -2.02. The topological polar surface area (TPSA) is 15.8 Å². The van der Waals surface area contributed by atoms with Crippen LogP contribution in [0, 0.1) is 0 Å². The number of H-pyrrole nitrogens is 1. The standard InChI is InChI=1S/C13H11N/c1-2-5-11-10(4-1)7-8-12(11)13-6-3-9-14-13/h1-6,8-9,14H,7H2. The van der Waals surface area contributed by atoms with Gasteiger partial charge in [0.1, 0.15) is 0 Å². The van der Waals surface area contributed by atoms with Crippen molar-refractivity contribution in [1.82, 2.24) is 4.98 Å². The van der Waals surface area contributed by atoms with Gasteiger partial charge in [0.05, 0.1) is 0 Å². The fourth-order valence-corrected chi connectivity index (χ4v) is 2.04. The van der Waals surface area contributed by atoms with E-state index in [1.165, 1.54) is 22.4 Å². The summed E-state index contributed by atoms with van der Waals surface area (Å²) in [5.41, 5.74) is 5.35. The molecule has 1 heteroatoms. The maximum absolute atomic E-state index is 3.25. The Hall–Kier alpha value is -1.76. The van der Waals surface area contributed by atoms with Crippen LogP contribution in [0.2, 0.25) is 0 Å². The molecule has 0 aliphatic heterocycles. The number of aromatic amines is 1. The molecule has 0 atom stereocenters. The van der Waals surface area contributed by atoms with E-state index in [2.05, 4.69) is 41.4 Å². The normalized spacial score (nSPS) is 13.9. The number of hydrogen-bond donors (Lipinski definition) is 1. The Morgan fingerprint density at radius 3 is 2.79 bits per heavy atom. The highest BCUT2D eigenvalue weighted by molar-refractivity contribution is 5.83. The Balaban J connectivity index is 2.14. The molecule has 1 aromatic carbocycles. The van der Waals surface area contributed by atoms with E-state index in [1.54, 1.807) is 0 Å². The Morgan fingerprint density at radius 2 is 1.93 bits per heavy atom. The van der Waals surface area contributed by atoms with Crippen molar-refractivity contribution in [3.05, 3.63) is 65.5 Å². The maximum atomic E-state index is 3.25. The van der Waals surface area contributed by atoms with Crippen LogP contribution in [0.1, 0.15) is 16.8 Å². The molecule has 68 valence electrons. The third-order valence-corrected chi connectivity index (χ3v) is 2.72. The highest BCUT2D eigenvalue weighted by Gasteiger charge is 2.14. The van der Waals surface area contributed by atoms with E-state index in [4.69, 9.17) is 0 Å². The molecule has 0 unspecified atom stereocenters. The van der Waals surface area contributed by atoms with Gasteiger partial charge < -0.3 is 4.98 Å². The summed E-state index contributed by atoms with van der Waals surface area (Å²) in [4.78, 5) is 3.25. The fraction of sp³-hybridized carbons (Fsp3) is 0.0769. The first-order valence-corrected chi connectivity index (χ1v) is 4.87. The molecular formula is C13H11N. The summed E-state index contributed by atoms with van der Waals surface area (Å²) in [6, 6.07) is 12.7. The Kier molecular flexibility index (Phi) is 1.57. The predicted molar refractivity (Wildman–Crippen MR) is 58.0 cm³/mol. The molecule has 1 aliphatic carbocycles. The number of benzene rings is 1. The Labute approximate surface area is 83.1 Å². The van der Waals surface area contributed by atoms with Crippen LogP contribution in [-0.2, 0) is 6.42 Å². The van der Waals surface area contributed by atoms with Crippen LogP contribution in [0.4, 0.5) is 0 Å². The van der Waals surface area contributed by atoms with Gasteiger partial charge in [-0.3, -0.25) is 0 Å². The van der Waals surface area contributed by atoms with Crippen molar-refractivity contribution in [2.75, 3.05) is 0 Å². The minimum absolute atomic E-state index is 1.06. The minimum atomic E-state index is 1.06. The SMILES string of the molecule is C1=C(c2ccc[nH]2)c2ccccc2C1. The summed E-state index contributed by atoms with van der Waals surface area (Å²) in [5, 5.41) is 0. The van der Waals surface area contributed by atoms with Crippen LogP contribution in [0.15, 0.2) is 48.7 Å². The monoisotopic (exact) mass is 181 g/mol. The van der Waals surface area contributed by atoms with Crippen LogP contribution >= 0.6 is 0 Å². The van der Waals surface area contributed by atoms with Gasteiger partial charge in [0.2, 0.25) is 0 Å². The molecule has 0 saturated heterocycles. The van der Waals surface area contributed by atoms with Gasteiger partial charge in [0, 0.05) is 17.5 Å². The molecule has 1 aromatic heterocycles. The van der Waals surface area contributed by atoms with Crippen molar-refractivity contribution >= 4 is 5.57 Å². The molecule has 0 saturated carbocycles. The Morgan fingerprint density at radius 1 is 1.00 bits per heavy atom. The van der Waals surface area contributed by atoms with E-state index in [-0.39, 0.29) is 0 Å². The quantitative estimate of drug-likeness (QED) is 0.696. The lowest BCUT2D eigenvalue weighted by Crippen LogP contribution is -1.85. The van der Waals surface area contributed by atoms with Crippen LogP contribution in [0.3, 0.4) is 0 Å². The molecule has 1 heterocycles. The molecule has 1 aliphatic rings. The van der Waals surface area contributed by atoms with Gasteiger partial charge in [-0.25, -0.2) is 0 Å². The second-order valence-electron chi connectivity index (χ2n) is 3.56. The van der Waals surface area contributed by atoms with Gasteiger partial charge in [0.25, 0.3) is 0 Å². The molecule has 0 fully saturated rings. The predicted octanol–water partition coefficient (Wildman–Crippen LogP) is 3.00. The van der Waals surface area contributed by atoms with E-state index >= 15 is 0 Å². The number of allylic oxidation sites excluding steroid dienone is 1. The van der Waals surface area contributed by atoms with Crippen LogP contribution in [-0.4, -0.2) is 4.98 Å².